The van der Waals surface area contributed by atoms with Gasteiger partial charge >= 0.3 is 5.97 Å². The molecule has 132 valence electrons. The smallest absolute Gasteiger partial charge is 0.337 e. The molecule has 0 spiro atoms. The monoisotopic (exact) mass is 339 g/mol. The van der Waals surface area contributed by atoms with Crippen molar-refractivity contribution in [2.45, 2.75) is 39.2 Å². The Kier molecular flexibility index (Phi) is 5.43. The van der Waals surface area contributed by atoms with Gasteiger partial charge in [0.1, 0.15) is 0 Å². The van der Waals surface area contributed by atoms with Crippen LogP contribution in [-0.4, -0.2) is 45.1 Å². The summed E-state index contributed by atoms with van der Waals surface area (Å²) in [6.45, 7) is 6.89. The van der Waals surface area contributed by atoms with E-state index in [-0.39, 0.29) is 5.56 Å². The van der Waals surface area contributed by atoms with E-state index in [2.05, 4.69) is 34.8 Å². The van der Waals surface area contributed by atoms with Gasteiger partial charge in [-0.2, -0.15) is 0 Å². The third-order valence-electron chi connectivity index (χ3n) is 4.91. The number of carboxylic acids is 1. The first kappa shape index (κ1) is 17.5. The number of likely N-dealkylation sites (tertiary alicyclic amines) is 1. The van der Waals surface area contributed by atoms with Crippen molar-refractivity contribution in [2.75, 3.05) is 13.1 Å². The molecule has 0 amide bonds. The van der Waals surface area contributed by atoms with Crippen LogP contribution in [0.3, 0.4) is 0 Å². The van der Waals surface area contributed by atoms with E-state index in [1.807, 2.05) is 12.3 Å². The van der Waals surface area contributed by atoms with E-state index in [1.165, 1.54) is 31.1 Å². The van der Waals surface area contributed by atoms with Crippen LogP contribution in [0.15, 0.2) is 36.8 Å². The molecule has 25 heavy (non-hydrogen) atoms. The Morgan fingerprint density at radius 2 is 2.16 bits per heavy atom. The van der Waals surface area contributed by atoms with Gasteiger partial charge in [-0.15, -0.1) is 0 Å². The lowest BCUT2D eigenvalue weighted by Gasteiger charge is -2.35. The lowest BCUT2D eigenvalue weighted by atomic mass is 9.91. The van der Waals surface area contributed by atoms with E-state index in [9.17, 15) is 4.79 Å². The summed E-state index contributed by atoms with van der Waals surface area (Å²) < 4.78 is 0. The van der Waals surface area contributed by atoms with Gasteiger partial charge < -0.3 is 10.0 Å². The number of hydrogen-bond acceptors (Lipinski definition) is 4. The van der Waals surface area contributed by atoms with E-state index >= 15 is 0 Å². The molecule has 0 aromatic carbocycles. The average molecular weight is 339 g/mol. The Bertz CT molecular complexity index is 728. The zero-order chi connectivity index (χ0) is 17.8. The van der Waals surface area contributed by atoms with E-state index < -0.39 is 5.97 Å². The van der Waals surface area contributed by atoms with Crippen molar-refractivity contribution < 1.29 is 9.90 Å². The molecule has 2 aromatic rings. The minimum atomic E-state index is -0.974. The first-order chi connectivity index (χ1) is 12.0. The molecule has 1 aliphatic heterocycles. The summed E-state index contributed by atoms with van der Waals surface area (Å²) in [6.07, 6.45) is 8.50. The summed E-state index contributed by atoms with van der Waals surface area (Å²) in [5.74, 6) is -0.293. The van der Waals surface area contributed by atoms with Crippen LogP contribution in [0, 0.1) is 5.92 Å². The van der Waals surface area contributed by atoms with Crippen LogP contribution >= 0.6 is 0 Å². The molecule has 2 aromatic heterocycles. The zero-order valence-electron chi connectivity index (χ0n) is 14.9. The minimum Gasteiger partial charge on any atom is -0.478 e. The molecule has 3 rings (SSSR count). The quantitative estimate of drug-likeness (QED) is 0.903. The Labute approximate surface area is 148 Å². The zero-order valence-corrected chi connectivity index (χ0v) is 14.9. The lowest BCUT2D eigenvalue weighted by molar-refractivity contribution is 0.0696. The molecule has 0 saturated carbocycles. The van der Waals surface area contributed by atoms with Gasteiger partial charge in [-0.25, -0.2) is 4.79 Å². The molecule has 0 radical (unpaired) electrons. The fourth-order valence-electron chi connectivity index (χ4n) is 3.48. The second-order valence-corrected chi connectivity index (χ2v) is 7.12. The highest BCUT2D eigenvalue weighted by molar-refractivity contribution is 5.88. The second kappa shape index (κ2) is 7.74. The van der Waals surface area contributed by atoms with Crippen LogP contribution in [0.25, 0.3) is 11.3 Å². The summed E-state index contributed by atoms with van der Waals surface area (Å²) in [7, 11) is 0. The predicted octanol–water partition coefficient (Wildman–Crippen LogP) is 3.50. The van der Waals surface area contributed by atoms with Gasteiger partial charge in [-0.05, 0) is 63.3 Å². The topological polar surface area (TPSA) is 66.3 Å². The van der Waals surface area contributed by atoms with Gasteiger partial charge in [0.25, 0.3) is 0 Å². The number of nitrogens with zero attached hydrogens (tertiary/aromatic N) is 3. The van der Waals surface area contributed by atoms with Crippen LogP contribution in [-0.2, 0) is 6.42 Å². The SMILES string of the molecule is CC(C)N1CCC[C@H](Cc2ccc(-c3cncc(C(=O)O)c3)nc2)C1. The Hall–Kier alpha value is -2.27. The average Bonchev–Trinajstić information content (AvgIpc) is 2.62. The molecule has 1 aliphatic rings. The number of aromatic nitrogens is 2. The number of rotatable bonds is 5. The van der Waals surface area contributed by atoms with Crippen LogP contribution in [0.5, 0.6) is 0 Å². The van der Waals surface area contributed by atoms with Crippen LogP contribution in [0.2, 0.25) is 0 Å². The van der Waals surface area contributed by atoms with Gasteiger partial charge in [0.15, 0.2) is 0 Å². The number of carboxylic acid groups (broad SMARTS) is 1. The second-order valence-electron chi connectivity index (χ2n) is 7.12. The summed E-state index contributed by atoms with van der Waals surface area (Å²) >= 11 is 0. The summed E-state index contributed by atoms with van der Waals surface area (Å²) in [5.41, 5.74) is 2.91. The Morgan fingerprint density at radius 3 is 2.84 bits per heavy atom. The largest absolute Gasteiger partial charge is 0.478 e. The van der Waals surface area contributed by atoms with Crippen molar-refractivity contribution in [3.63, 3.8) is 0 Å². The fraction of sp³-hybridized carbons (Fsp3) is 0.450. The first-order valence-electron chi connectivity index (χ1n) is 8.90. The number of piperidine rings is 1. The molecule has 1 atom stereocenters. The molecule has 0 aliphatic carbocycles. The van der Waals surface area contributed by atoms with Crippen molar-refractivity contribution in [3.05, 3.63) is 47.9 Å². The molecule has 1 saturated heterocycles. The Balaban J connectivity index is 1.68. The van der Waals surface area contributed by atoms with E-state index in [1.54, 1.807) is 12.3 Å². The molecule has 3 heterocycles. The summed E-state index contributed by atoms with van der Waals surface area (Å²) in [4.78, 5) is 22.1. The molecule has 5 nitrogen and oxygen atoms in total. The third kappa shape index (κ3) is 4.42. The fourth-order valence-corrected chi connectivity index (χ4v) is 3.48. The molecular formula is C20H25N3O2. The van der Waals surface area contributed by atoms with Crippen molar-refractivity contribution >= 4 is 5.97 Å². The first-order valence-corrected chi connectivity index (χ1v) is 8.90. The van der Waals surface area contributed by atoms with Crippen molar-refractivity contribution in [1.82, 2.24) is 14.9 Å². The van der Waals surface area contributed by atoms with Crippen molar-refractivity contribution in [1.29, 1.82) is 0 Å². The summed E-state index contributed by atoms with van der Waals surface area (Å²) in [6, 6.07) is 6.28. The molecule has 0 bridgehead atoms. The molecule has 1 fully saturated rings. The molecular weight excluding hydrogens is 314 g/mol. The van der Waals surface area contributed by atoms with E-state index in [0.29, 0.717) is 12.0 Å². The maximum Gasteiger partial charge on any atom is 0.337 e. The van der Waals surface area contributed by atoms with Gasteiger partial charge in [0.2, 0.25) is 0 Å². The number of pyridine rings is 2. The summed E-state index contributed by atoms with van der Waals surface area (Å²) in [5, 5.41) is 9.08. The number of aromatic carboxylic acids is 1. The van der Waals surface area contributed by atoms with Crippen LogP contribution in [0.1, 0.15) is 42.6 Å². The van der Waals surface area contributed by atoms with Gasteiger partial charge in [0.05, 0.1) is 11.3 Å². The van der Waals surface area contributed by atoms with Crippen LogP contribution in [0.4, 0.5) is 0 Å². The number of hydrogen-bond donors (Lipinski definition) is 1. The molecule has 0 unspecified atom stereocenters. The number of carbonyl (C=O) groups is 1. The highest BCUT2D eigenvalue weighted by Gasteiger charge is 2.21. The maximum atomic E-state index is 11.1. The van der Waals surface area contributed by atoms with Crippen LogP contribution < -0.4 is 0 Å². The standard InChI is InChI=1S/C20H25N3O2/c1-14(2)23-7-3-4-16(13-23)8-15-5-6-19(22-10-15)17-9-18(20(24)25)12-21-11-17/h5-6,9-12,14,16H,3-4,7-8,13H2,1-2H3,(H,24,25)/t16-/m1/s1. The highest BCUT2D eigenvalue weighted by atomic mass is 16.4. The minimum absolute atomic E-state index is 0.180. The van der Waals surface area contributed by atoms with Gasteiger partial charge in [-0.3, -0.25) is 9.97 Å². The van der Waals surface area contributed by atoms with E-state index in [4.69, 9.17) is 5.11 Å². The normalized spacial score (nSPS) is 18.4. The molecule has 5 heteroatoms. The van der Waals surface area contributed by atoms with Crippen molar-refractivity contribution in [3.8, 4) is 11.3 Å². The third-order valence-corrected chi connectivity index (χ3v) is 4.91. The van der Waals surface area contributed by atoms with Gasteiger partial charge in [-0.1, -0.05) is 6.07 Å². The van der Waals surface area contributed by atoms with Gasteiger partial charge in [0, 0.05) is 36.7 Å². The van der Waals surface area contributed by atoms with E-state index in [0.717, 1.165) is 24.2 Å². The van der Waals surface area contributed by atoms with Crippen molar-refractivity contribution in [2.24, 2.45) is 5.92 Å². The lowest BCUT2D eigenvalue weighted by Crippen LogP contribution is -2.40. The highest BCUT2D eigenvalue weighted by Crippen LogP contribution is 2.23. The maximum absolute atomic E-state index is 11.1. The predicted molar refractivity (Wildman–Crippen MR) is 97.6 cm³/mol. The molecule has 1 N–H and O–H groups in total. The Morgan fingerprint density at radius 1 is 1.32 bits per heavy atom.